The summed E-state index contributed by atoms with van der Waals surface area (Å²) < 4.78 is 1.95. The number of pyridine rings is 1. The number of nitrogens with zero attached hydrogens (tertiary/aromatic N) is 3. The molecule has 0 saturated carbocycles. The smallest absolute Gasteiger partial charge is 0.160 e. The quantitative estimate of drug-likeness (QED) is 0.765. The lowest BCUT2D eigenvalue weighted by atomic mass is 10.2. The molecular weight excluding hydrogens is 234 g/mol. The average Bonchev–Trinajstić information content (AvgIpc) is 2.82. The zero-order valence-corrected chi connectivity index (χ0v) is 10.2. The third kappa shape index (κ3) is 1.95. The van der Waals surface area contributed by atoms with Crippen LogP contribution >= 0.6 is 11.8 Å². The van der Waals surface area contributed by atoms with Crippen LogP contribution in [0.4, 0.5) is 0 Å². The van der Waals surface area contributed by atoms with Gasteiger partial charge in [-0.15, -0.1) is 10.2 Å². The van der Waals surface area contributed by atoms with Crippen LogP contribution in [0.2, 0.25) is 0 Å². The molecule has 3 rings (SSSR count). The summed E-state index contributed by atoms with van der Waals surface area (Å²) in [7, 11) is 0. The maximum atomic E-state index is 10.8. The van der Waals surface area contributed by atoms with E-state index in [0.717, 1.165) is 24.2 Å². The fourth-order valence-electron chi connectivity index (χ4n) is 2.16. The molecule has 0 spiro atoms. The first-order valence-corrected chi connectivity index (χ1v) is 6.85. The van der Waals surface area contributed by atoms with Gasteiger partial charge in [-0.3, -0.25) is 9.20 Å². The Hall–Kier alpha value is -1.36. The van der Waals surface area contributed by atoms with Crippen LogP contribution in [0.1, 0.15) is 40.7 Å². The minimum atomic E-state index is 0.417. The van der Waals surface area contributed by atoms with E-state index in [2.05, 4.69) is 10.2 Å². The van der Waals surface area contributed by atoms with Crippen molar-refractivity contribution in [2.45, 2.75) is 24.5 Å². The number of aldehydes is 1. The van der Waals surface area contributed by atoms with Crippen LogP contribution in [0.25, 0.3) is 5.65 Å². The Balaban J connectivity index is 2.05. The molecule has 1 aliphatic heterocycles. The van der Waals surface area contributed by atoms with Gasteiger partial charge in [-0.1, -0.05) is 6.42 Å². The highest BCUT2D eigenvalue weighted by Gasteiger charge is 2.21. The van der Waals surface area contributed by atoms with E-state index in [-0.39, 0.29) is 0 Å². The number of fused-ring (bicyclic) bond motifs is 1. The molecule has 1 aliphatic rings. The van der Waals surface area contributed by atoms with E-state index in [9.17, 15) is 4.79 Å². The molecule has 0 radical (unpaired) electrons. The van der Waals surface area contributed by atoms with Crippen LogP contribution in [0, 0.1) is 0 Å². The molecule has 2 aromatic rings. The third-order valence-electron chi connectivity index (χ3n) is 3.06. The topological polar surface area (TPSA) is 47.3 Å². The Kier molecular flexibility index (Phi) is 2.84. The van der Waals surface area contributed by atoms with Crippen LogP contribution in [0.15, 0.2) is 18.3 Å². The molecule has 17 heavy (non-hydrogen) atoms. The predicted molar refractivity (Wildman–Crippen MR) is 67.4 cm³/mol. The summed E-state index contributed by atoms with van der Waals surface area (Å²) in [6, 6.07) is 3.61. The lowest BCUT2D eigenvalue weighted by molar-refractivity contribution is 0.112. The summed E-state index contributed by atoms with van der Waals surface area (Å²) in [6.45, 7) is 0. The van der Waals surface area contributed by atoms with Crippen molar-refractivity contribution in [3.8, 4) is 0 Å². The number of carbonyl (C=O) groups is 1. The molecule has 0 amide bonds. The second-order valence-corrected chi connectivity index (χ2v) is 5.53. The Morgan fingerprint density at radius 3 is 3.06 bits per heavy atom. The molecule has 3 heterocycles. The highest BCUT2D eigenvalue weighted by Crippen LogP contribution is 2.37. The van der Waals surface area contributed by atoms with Crippen molar-refractivity contribution in [1.29, 1.82) is 0 Å². The van der Waals surface area contributed by atoms with E-state index >= 15 is 0 Å². The number of carbonyl (C=O) groups excluding carboxylic acids is 1. The summed E-state index contributed by atoms with van der Waals surface area (Å²) in [5.41, 5.74) is 1.48. The lowest BCUT2D eigenvalue weighted by Crippen LogP contribution is -2.06. The van der Waals surface area contributed by atoms with Gasteiger partial charge in [0.15, 0.2) is 17.8 Å². The second kappa shape index (κ2) is 4.49. The van der Waals surface area contributed by atoms with Crippen molar-refractivity contribution in [2.75, 3.05) is 5.75 Å². The number of thioether (sulfide) groups is 1. The van der Waals surface area contributed by atoms with Gasteiger partial charge in [-0.2, -0.15) is 11.8 Å². The van der Waals surface area contributed by atoms with Gasteiger partial charge in [0.05, 0.1) is 5.25 Å². The van der Waals surface area contributed by atoms with Crippen LogP contribution < -0.4 is 0 Å². The average molecular weight is 247 g/mol. The molecular formula is C12H13N3OS. The molecule has 1 saturated heterocycles. The van der Waals surface area contributed by atoms with E-state index < -0.39 is 0 Å². The number of hydrogen-bond donors (Lipinski definition) is 0. The van der Waals surface area contributed by atoms with Crippen molar-refractivity contribution < 1.29 is 4.79 Å². The van der Waals surface area contributed by atoms with Gasteiger partial charge in [0.2, 0.25) is 0 Å². The minimum Gasteiger partial charge on any atom is -0.298 e. The van der Waals surface area contributed by atoms with Crippen molar-refractivity contribution in [1.82, 2.24) is 14.6 Å². The molecule has 1 fully saturated rings. The molecule has 0 aromatic carbocycles. The summed E-state index contributed by atoms with van der Waals surface area (Å²) in [5, 5.41) is 8.84. The second-order valence-electron chi connectivity index (χ2n) is 4.22. The van der Waals surface area contributed by atoms with Crippen LogP contribution in [0.3, 0.4) is 0 Å². The standard InChI is InChI=1S/C12H13N3OS/c16-8-9-4-5-11-13-14-12(15(11)7-9)10-3-1-2-6-17-10/h4-5,7-8,10H,1-3,6H2. The number of aromatic nitrogens is 3. The molecule has 1 atom stereocenters. The van der Waals surface area contributed by atoms with Crippen LogP contribution in [-0.4, -0.2) is 26.6 Å². The molecule has 5 heteroatoms. The normalized spacial score (nSPS) is 20.6. The van der Waals surface area contributed by atoms with Crippen molar-refractivity contribution in [2.24, 2.45) is 0 Å². The van der Waals surface area contributed by atoms with Gasteiger partial charge in [-0.25, -0.2) is 0 Å². The first kappa shape index (κ1) is 10.8. The van der Waals surface area contributed by atoms with E-state index in [4.69, 9.17) is 0 Å². The summed E-state index contributed by atoms with van der Waals surface area (Å²) >= 11 is 1.94. The first-order chi connectivity index (χ1) is 8.38. The SMILES string of the molecule is O=Cc1ccc2nnc(C3CCCCS3)n2c1. The van der Waals surface area contributed by atoms with Gasteiger partial charge < -0.3 is 0 Å². The fraction of sp³-hybridized carbons (Fsp3) is 0.417. The van der Waals surface area contributed by atoms with Crippen molar-refractivity contribution in [3.05, 3.63) is 29.7 Å². The van der Waals surface area contributed by atoms with Crippen LogP contribution in [0.5, 0.6) is 0 Å². The molecule has 0 N–H and O–H groups in total. The van der Waals surface area contributed by atoms with Gasteiger partial charge in [0.1, 0.15) is 0 Å². The summed E-state index contributed by atoms with van der Waals surface area (Å²) in [4.78, 5) is 10.8. The van der Waals surface area contributed by atoms with Gasteiger partial charge >= 0.3 is 0 Å². The molecule has 4 nitrogen and oxygen atoms in total. The Morgan fingerprint density at radius 2 is 2.29 bits per heavy atom. The van der Waals surface area contributed by atoms with E-state index in [1.807, 2.05) is 28.4 Å². The third-order valence-corrected chi connectivity index (χ3v) is 4.43. The molecule has 2 aromatic heterocycles. The van der Waals surface area contributed by atoms with Gasteiger partial charge in [0.25, 0.3) is 0 Å². The van der Waals surface area contributed by atoms with Crippen LogP contribution in [-0.2, 0) is 0 Å². The van der Waals surface area contributed by atoms with Crippen molar-refractivity contribution in [3.63, 3.8) is 0 Å². The number of hydrogen-bond acceptors (Lipinski definition) is 4. The zero-order valence-electron chi connectivity index (χ0n) is 9.37. The lowest BCUT2D eigenvalue weighted by Gasteiger charge is -2.19. The van der Waals surface area contributed by atoms with Crippen molar-refractivity contribution >= 4 is 23.7 Å². The van der Waals surface area contributed by atoms with E-state index in [1.54, 1.807) is 6.07 Å². The highest BCUT2D eigenvalue weighted by atomic mass is 32.2. The molecule has 0 aliphatic carbocycles. The highest BCUT2D eigenvalue weighted by molar-refractivity contribution is 7.99. The van der Waals surface area contributed by atoms with E-state index in [1.165, 1.54) is 18.6 Å². The maximum Gasteiger partial charge on any atom is 0.160 e. The number of rotatable bonds is 2. The largest absolute Gasteiger partial charge is 0.298 e. The maximum absolute atomic E-state index is 10.8. The molecule has 1 unspecified atom stereocenters. The first-order valence-electron chi connectivity index (χ1n) is 5.80. The zero-order chi connectivity index (χ0) is 11.7. The Labute approximate surface area is 103 Å². The van der Waals surface area contributed by atoms with E-state index in [0.29, 0.717) is 10.8 Å². The predicted octanol–water partition coefficient (Wildman–Crippen LogP) is 2.50. The Morgan fingerprint density at radius 1 is 1.35 bits per heavy atom. The summed E-state index contributed by atoms with van der Waals surface area (Å²) in [6.07, 6.45) is 6.37. The minimum absolute atomic E-state index is 0.417. The molecule has 88 valence electrons. The molecule has 0 bridgehead atoms. The van der Waals surface area contributed by atoms with Gasteiger partial charge in [-0.05, 0) is 30.7 Å². The summed E-state index contributed by atoms with van der Waals surface area (Å²) in [5.74, 6) is 2.17. The Bertz CT molecular complexity index is 546. The van der Waals surface area contributed by atoms with Gasteiger partial charge in [0, 0.05) is 11.8 Å². The monoisotopic (exact) mass is 247 g/mol. The fourth-order valence-corrected chi connectivity index (χ4v) is 3.46.